The van der Waals surface area contributed by atoms with Crippen LogP contribution >= 0.6 is 0 Å². The number of rotatable bonds is 5. The summed E-state index contributed by atoms with van der Waals surface area (Å²) in [6, 6.07) is 12.2. The third-order valence-electron chi connectivity index (χ3n) is 3.48. The molecule has 0 saturated heterocycles. The summed E-state index contributed by atoms with van der Waals surface area (Å²) >= 11 is 0. The van der Waals surface area contributed by atoms with Gasteiger partial charge in [0.15, 0.2) is 0 Å². The van der Waals surface area contributed by atoms with Crippen molar-refractivity contribution in [1.82, 2.24) is 15.0 Å². The summed E-state index contributed by atoms with van der Waals surface area (Å²) in [6.07, 6.45) is -2.70. The second kappa shape index (κ2) is 7.38. The minimum Gasteiger partial charge on any atom is -0.364 e. The number of aromatic nitrogens is 3. The van der Waals surface area contributed by atoms with Crippen molar-refractivity contribution in [3.05, 3.63) is 71.8 Å². The summed E-state index contributed by atoms with van der Waals surface area (Å²) in [6.45, 7) is 2.18. The average molecular weight is 359 g/mol. The number of anilines is 3. The Labute approximate surface area is 148 Å². The second-order valence-electron chi connectivity index (χ2n) is 5.56. The largest absolute Gasteiger partial charge is 0.416 e. The molecule has 2 aromatic heterocycles. The molecular weight excluding hydrogens is 343 g/mol. The van der Waals surface area contributed by atoms with Crippen LogP contribution in [0, 0.1) is 6.92 Å². The van der Waals surface area contributed by atoms with Gasteiger partial charge in [0.05, 0.1) is 17.8 Å². The van der Waals surface area contributed by atoms with Gasteiger partial charge < -0.3 is 10.6 Å². The maximum atomic E-state index is 12.8. The van der Waals surface area contributed by atoms with Gasteiger partial charge in [-0.05, 0) is 37.3 Å². The number of hydrogen-bond acceptors (Lipinski definition) is 5. The monoisotopic (exact) mass is 359 g/mol. The van der Waals surface area contributed by atoms with Crippen LogP contribution in [0.15, 0.2) is 54.7 Å². The maximum absolute atomic E-state index is 12.8. The van der Waals surface area contributed by atoms with Crippen LogP contribution in [0.25, 0.3) is 0 Å². The molecule has 0 bridgehead atoms. The molecule has 0 aliphatic carbocycles. The smallest absolute Gasteiger partial charge is 0.364 e. The fourth-order valence-electron chi connectivity index (χ4n) is 2.33. The van der Waals surface area contributed by atoms with Gasteiger partial charge in [0.25, 0.3) is 0 Å². The highest BCUT2D eigenvalue weighted by Crippen LogP contribution is 2.31. The predicted molar refractivity (Wildman–Crippen MR) is 93.1 cm³/mol. The van der Waals surface area contributed by atoms with Gasteiger partial charge in [-0.1, -0.05) is 12.1 Å². The van der Waals surface area contributed by atoms with Crippen LogP contribution in [0.5, 0.6) is 0 Å². The lowest BCUT2D eigenvalue weighted by atomic mass is 10.2. The number of aryl methyl sites for hydroxylation is 1. The Morgan fingerprint density at radius 1 is 0.962 bits per heavy atom. The molecule has 0 radical (unpaired) electrons. The van der Waals surface area contributed by atoms with Gasteiger partial charge in [0.2, 0.25) is 0 Å². The van der Waals surface area contributed by atoms with Gasteiger partial charge in [-0.15, -0.1) is 0 Å². The van der Waals surface area contributed by atoms with Crippen LogP contribution in [-0.4, -0.2) is 15.0 Å². The zero-order valence-corrected chi connectivity index (χ0v) is 13.9. The van der Waals surface area contributed by atoms with E-state index in [2.05, 4.69) is 25.6 Å². The highest BCUT2D eigenvalue weighted by molar-refractivity contribution is 5.60. The molecule has 0 spiro atoms. The molecule has 0 fully saturated rings. The molecule has 3 rings (SSSR count). The molecule has 0 unspecified atom stereocenters. The first-order valence-corrected chi connectivity index (χ1v) is 7.84. The molecule has 2 heterocycles. The highest BCUT2D eigenvalue weighted by atomic mass is 19.4. The first kappa shape index (κ1) is 17.7. The number of pyridine rings is 1. The summed E-state index contributed by atoms with van der Waals surface area (Å²) in [4.78, 5) is 12.7. The van der Waals surface area contributed by atoms with Crippen molar-refractivity contribution in [2.45, 2.75) is 19.6 Å². The van der Waals surface area contributed by atoms with E-state index < -0.39 is 11.7 Å². The van der Waals surface area contributed by atoms with Crippen molar-refractivity contribution in [3.8, 4) is 0 Å². The van der Waals surface area contributed by atoms with Gasteiger partial charge in [-0.3, -0.25) is 4.98 Å². The van der Waals surface area contributed by atoms with Crippen LogP contribution in [0.4, 0.5) is 30.5 Å². The van der Waals surface area contributed by atoms with Crippen LogP contribution in [0.2, 0.25) is 0 Å². The molecule has 1 aromatic carbocycles. The Morgan fingerprint density at radius 2 is 1.77 bits per heavy atom. The van der Waals surface area contributed by atoms with E-state index in [0.29, 0.717) is 29.7 Å². The summed E-state index contributed by atoms with van der Waals surface area (Å²) in [5, 5.41) is 6.02. The van der Waals surface area contributed by atoms with E-state index in [9.17, 15) is 13.2 Å². The SMILES string of the molecule is Cc1nc(NCc2ccccn2)cc(Nc2cccc(C(F)(F)F)c2)n1. The van der Waals surface area contributed by atoms with E-state index in [1.54, 1.807) is 25.3 Å². The summed E-state index contributed by atoms with van der Waals surface area (Å²) in [5.41, 5.74) is 0.423. The fourth-order valence-corrected chi connectivity index (χ4v) is 2.33. The van der Waals surface area contributed by atoms with Gasteiger partial charge in [-0.25, -0.2) is 9.97 Å². The fraction of sp³-hybridized carbons (Fsp3) is 0.167. The van der Waals surface area contributed by atoms with Gasteiger partial charge in [0, 0.05) is 18.0 Å². The standard InChI is InChI=1S/C18H16F3N5/c1-12-24-16(23-11-15-6-2-3-8-22-15)10-17(25-12)26-14-7-4-5-13(9-14)18(19,20)21/h2-10H,11H2,1H3,(H2,23,24,25,26). The molecule has 134 valence electrons. The third kappa shape index (κ3) is 4.69. The van der Waals surface area contributed by atoms with Crippen molar-refractivity contribution >= 4 is 17.3 Å². The zero-order valence-electron chi connectivity index (χ0n) is 13.9. The number of alkyl halides is 3. The lowest BCUT2D eigenvalue weighted by Gasteiger charge is -2.12. The van der Waals surface area contributed by atoms with E-state index in [0.717, 1.165) is 17.8 Å². The Balaban J connectivity index is 1.75. The van der Waals surface area contributed by atoms with Crippen molar-refractivity contribution in [2.24, 2.45) is 0 Å². The molecule has 0 aliphatic rings. The first-order chi connectivity index (χ1) is 12.4. The molecule has 0 aliphatic heterocycles. The van der Waals surface area contributed by atoms with E-state index in [4.69, 9.17) is 0 Å². The molecule has 0 atom stereocenters. The summed E-state index contributed by atoms with van der Waals surface area (Å²) in [7, 11) is 0. The number of hydrogen-bond donors (Lipinski definition) is 2. The van der Waals surface area contributed by atoms with E-state index >= 15 is 0 Å². The molecule has 5 nitrogen and oxygen atoms in total. The van der Waals surface area contributed by atoms with Crippen molar-refractivity contribution in [1.29, 1.82) is 0 Å². The van der Waals surface area contributed by atoms with Gasteiger partial charge in [-0.2, -0.15) is 13.2 Å². The second-order valence-corrected chi connectivity index (χ2v) is 5.56. The molecule has 2 N–H and O–H groups in total. The average Bonchev–Trinajstić information content (AvgIpc) is 2.60. The lowest BCUT2D eigenvalue weighted by Crippen LogP contribution is -2.07. The van der Waals surface area contributed by atoms with Gasteiger partial charge >= 0.3 is 6.18 Å². The predicted octanol–water partition coefficient (Wildman–Crippen LogP) is 4.55. The van der Waals surface area contributed by atoms with Gasteiger partial charge in [0.1, 0.15) is 17.5 Å². The third-order valence-corrected chi connectivity index (χ3v) is 3.48. The Hall–Kier alpha value is -3.16. The number of nitrogens with zero attached hydrogens (tertiary/aromatic N) is 3. The molecule has 0 amide bonds. The van der Waals surface area contributed by atoms with E-state index in [1.807, 2.05) is 18.2 Å². The highest BCUT2D eigenvalue weighted by Gasteiger charge is 2.30. The minimum absolute atomic E-state index is 0.300. The molecule has 3 aromatic rings. The van der Waals surface area contributed by atoms with Crippen LogP contribution < -0.4 is 10.6 Å². The Bertz CT molecular complexity index is 881. The summed E-state index contributed by atoms with van der Waals surface area (Å²) < 4.78 is 38.5. The Kier molecular flexibility index (Phi) is 5.01. The van der Waals surface area contributed by atoms with Crippen LogP contribution in [0.1, 0.15) is 17.1 Å². The maximum Gasteiger partial charge on any atom is 0.416 e. The summed E-state index contributed by atoms with van der Waals surface area (Å²) in [5.74, 6) is 1.45. The number of nitrogens with one attached hydrogen (secondary N) is 2. The van der Waals surface area contributed by atoms with Crippen LogP contribution in [-0.2, 0) is 12.7 Å². The van der Waals surface area contributed by atoms with E-state index in [1.165, 1.54) is 6.07 Å². The van der Waals surface area contributed by atoms with Crippen molar-refractivity contribution in [3.63, 3.8) is 0 Å². The quantitative estimate of drug-likeness (QED) is 0.699. The molecular formula is C18H16F3N5. The van der Waals surface area contributed by atoms with Crippen molar-refractivity contribution < 1.29 is 13.2 Å². The number of benzene rings is 1. The normalized spacial score (nSPS) is 11.2. The van der Waals surface area contributed by atoms with Crippen molar-refractivity contribution in [2.75, 3.05) is 10.6 Å². The first-order valence-electron chi connectivity index (χ1n) is 7.84. The topological polar surface area (TPSA) is 62.7 Å². The van der Waals surface area contributed by atoms with E-state index in [-0.39, 0.29) is 0 Å². The minimum atomic E-state index is -4.39. The van der Waals surface area contributed by atoms with Crippen LogP contribution in [0.3, 0.4) is 0 Å². The number of halogens is 3. The molecule has 26 heavy (non-hydrogen) atoms. The Morgan fingerprint density at radius 3 is 2.50 bits per heavy atom. The molecule has 0 saturated carbocycles. The lowest BCUT2D eigenvalue weighted by molar-refractivity contribution is -0.137. The molecule has 8 heteroatoms. The zero-order chi connectivity index (χ0) is 18.6.